The third-order valence-electron chi connectivity index (χ3n) is 4.60. The van der Waals surface area contributed by atoms with Gasteiger partial charge in [0.2, 0.25) is 10.0 Å². The highest BCUT2D eigenvalue weighted by molar-refractivity contribution is 7.92. The van der Waals surface area contributed by atoms with Gasteiger partial charge in [-0.25, -0.2) is 8.42 Å². The molecule has 1 heterocycles. The largest absolute Gasteiger partial charge is 0.477 e. The summed E-state index contributed by atoms with van der Waals surface area (Å²) in [5.74, 6) is -0.340. The monoisotopic (exact) mass is 431 g/mol. The number of piperazine rings is 1. The SMILES string of the molecule is O=C(COc1ccccc1[N+](=O)[O-])N1CCN(S(=O)(=O)/C=C\c2ccccc2)CC1. The van der Waals surface area contributed by atoms with Crippen LogP contribution in [0.4, 0.5) is 5.69 Å². The lowest BCUT2D eigenvalue weighted by atomic mass is 10.2. The van der Waals surface area contributed by atoms with Crippen LogP contribution in [0.15, 0.2) is 60.0 Å². The first-order valence-corrected chi connectivity index (χ1v) is 10.7. The average Bonchev–Trinajstić information content (AvgIpc) is 2.77. The van der Waals surface area contributed by atoms with E-state index in [-0.39, 0.29) is 50.1 Å². The fourth-order valence-corrected chi connectivity index (χ4v) is 4.14. The van der Waals surface area contributed by atoms with Crippen molar-refractivity contribution in [2.24, 2.45) is 0 Å². The van der Waals surface area contributed by atoms with E-state index in [1.165, 1.54) is 33.5 Å². The summed E-state index contributed by atoms with van der Waals surface area (Å²) in [5.41, 5.74) is 0.563. The maximum absolute atomic E-state index is 12.5. The quantitative estimate of drug-likeness (QED) is 0.491. The van der Waals surface area contributed by atoms with Crippen molar-refractivity contribution in [2.45, 2.75) is 0 Å². The van der Waals surface area contributed by atoms with E-state index < -0.39 is 14.9 Å². The summed E-state index contributed by atoms with van der Waals surface area (Å²) in [6.45, 7) is 0.415. The topological polar surface area (TPSA) is 110 Å². The van der Waals surface area contributed by atoms with Gasteiger partial charge in [-0.05, 0) is 17.7 Å². The maximum Gasteiger partial charge on any atom is 0.310 e. The highest BCUT2D eigenvalue weighted by atomic mass is 32.2. The van der Waals surface area contributed by atoms with Crippen LogP contribution in [0.1, 0.15) is 5.56 Å². The summed E-state index contributed by atoms with van der Waals surface area (Å²) in [7, 11) is -3.59. The molecule has 0 saturated carbocycles. The van der Waals surface area contributed by atoms with Gasteiger partial charge in [-0.3, -0.25) is 14.9 Å². The van der Waals surface area contributed by atoms with Crippen molar-refractivity contribution in [3.05, 3.63) is 75.7 Å². The van der Waals surface area contributed by atoms with E-state index in [2.05, 4.69) is 0 Å². The first-order valence-electron chi connectivity index (χ1n) is 9.24. The van der Waals surface area contributed by atoms with Crippen LogP contribution in [0.5, 0.6) is 5.75 Å². The summed E-state index contributed by atoms with van der Waals surface area (Å²) < 4.78 is 31.6. The third kappa shape index (κ3) is 5.43. The van der Waals surface area contributed by atoms with E-state index in [4.69, 9.17) is 4.74 Å². The summed E-state index contributed by atoms with van der Waals surface area (Å²) in [4.78, 5) is 24.3. The number of ether oxygens (including phenoxy) is 1. The van der Waals surface area contributed by atoms with Crippen LogP contribution in [0.2, 0.25) is 0 Å². The molecule has 0 atom stereocenters. The molecular weight excluding hydrogens is 410 g/mol. The summed E-state index contributed by atoms with van der Waals surface area (Å²) in [6.07, 6.45) is 1.54. The molecule has 2 aromatic carbocycles. The zero-order valence-electron chi connectivity index (χ0n) is 16.1. The molecule has 0 spiro atoms. The second-order valence-electron chi connectivity index (χ2n) is 6.55. The molecule has 0 aliphatic carbocycles. The number of carbonyl (C=O) groups excluding carboxylic acids is 1. The molecule has 9 nitrogen and oxygen atoms in total. The van der Waals surface area contributed by atoms with E-state index in [1.807, 2.05) is 18.2 Å². The smallest absolute Gasteiger partial charge is 0.310 e. The lowest BCUT2D eigenvalue weighted by molar-refractivity contribution is -0.385. The van der Waals surface area contributed by atoms with E-state index in [9.17, 15) is 23.3 Å². The molecule has 30 heavy (non-hydrogen) atoms. The van der Waals surface area contributed by atoms with Crippen molar-refractivity contribution in [3.8, 4) is 5.75 Å². The average molecular weight is 431 g/mol. The number of benzene rings is 2. The molecule has 1 saturated heterocycles. The molecule has 10 heteroatoms. The molecule has 1 fully saturated rings. The van der Waals surface area contributed by atoms with Gasteiger partial charge in [0.05, 0.1) is 4.92 Å². The van der Waals surface area contributed by atoms with Crippen LogP contribution >= 0.6 is 0 Å². The highest BCUT2D eigenvalue weighted by Crippen LogP contribution is 2.25. The number of para-hydroxylation sites is 2. The number of hydrogen-bond donors (Lipinski definition) is 0. The standard InChI is InChI=1S/C20H21N3O6S/c24-20(16-29-19-9-5-4-8-18(19)23(25)26)21-11-13-22(14-12-21)30(27,28)15-10-17-6-2-1-3-7-17/h1-10,15H,11-14,16H2/b15-10-. The van der Waals surface area contributed by atoms with Crippen LogP contribution in [0.25, 0.3) is 6.08 Å². The zero-order valence-corrected chi connectivity index (χ0v) is 16.9. The molecule has 2 aromatic rings. The number of nitro groups is 1. The molecule has 158 valence electrons. The van der Waals surface area contributed by atoms with Gasteiger partial charge in [0.1, 0.15) is 0 Å². The zero-order chi connectivity index (χ0) is 21.6. The minimum Gasteiger partial charge on any atom is -0.477 e. The van der Waals surface area contributed by atoms with E-state index in [0.717, 1.165) is 11.0 Å². The molecule has 0 bridgehead atoms. The minimum absolute atomic E-state index is 0.0168. The normalized spacial score (nSPS) is 15.3. The first kappa shape index (κ1) is 21.5. The molecule has 1 aliphatic heterocycles. The molecular formula is C20H21N3O6S. The van der Waals surface area contributed by atoms with Gasteiger partial charge in [0, 0.05) is 37.7 Å². The van der Waals surface area contributed by atoms with E-state index >= 15 is 0 Å². The van der Waals surface area contributed by atoms with Crippen LogP contribution in [-0.4, -0.2) is 61.2 Å². The van der Waals surface area contributed by atoms with E-state index in [1.54, 1.807) is 18.2 Å². The predicted molar refractivity (Wildman–Crippen MR) is 111 cm³/mol. The highest BCUT2D eigenvalue weighted by Gasteiger charge is 2.27. The fraction of sp³-hybridized carbons (Fsp3) is 0.250. The Bertz CT molecular complexity index is 1030. The van der Waals surface area contributed by atoms with Crippen molar-refractivity contribution in [2.75, 3.05) is 32.8 Å². The fourth-order valence-electron chi connectivity index (χ4n) is 2.97. The Morgan fingerprint density at radius 3 is 2.33 bits per heavy atom. The summed E-state index contributed by atoms with van der Waals surface area (Å²) in [6, 6.07) is 14.9. The van der Waals surface area contributed by atoms with Crippen molar-refractivity contribution in [3.63, 3.8) is 0 Å². The Balaban J connectivity index is 1.53. The summed E-state index contributed by atoms with van der Waals surface area (Å²) in [5, 5.41) is 12.2. The van der Waals surface area contributed by atoms with Crippen LogP contribution in [0, 0.1) is 10.1 Å². The van der Waals surface area contributed by atoms with Gasteiger partial charge in [0.15, 0.2) is 12.4 Å². The molecule has 0 unspecified atom stereocenters. The van der Waals surface area contributed by atoms with Crippen molar-refractivity contribution >= 4 is 27.7 Å². The Morgan fingerprint density at radius 2 is 1.67 bits per heavy atom. The molecule has 1 aliphatic rings. The third-order valence-corrected chi connectivity index (χ3v) is 6.16. The Hall–Kier alpha value is -3.24. The van der Waals surface area contributed by atoms with Gasteiger partial charge in [-0.15, -0.1) is 0 Å². The van der Waals surface area contributed by atoms with Gasteiger partial charge in [0.25, 0.3) is 5.91 Å². The van der Waals surface area contributed by atoms with Crippen LogP contribution in [-0.2, 0) is 14.8 Å². The van der Waals surface area contributed by atoms with Crippen LogP contribution < -0.4 is 4.74 Å². The maximum atomic E-state index is 12.5. The lowest BCUT2D eigenvalue weighted by Crippen LogP contribution is -2.51. The second-order valence-corrected chi connectivity index (χ2v) is 8.37. The number of amides is 1. The lowest BCUT2D eigenvalue weighted by Gasteiger charge is -2.33. The van der Waals surface area contributed by atoms with Gasteiger partial charge in [-0.2, -0.15) is 4.31 Å². The number of rotatable bonds is 7. The molecule has 0 radical (unpaired) electrons. The van der Waals surface area contributed by atoms with E-state index in [0.29, 0.717) is 0 Å². The van der Waals surface area contributed by atoms with Gasteiger partial charge < -0.3 is 9.64 Å². The number of sulfonamides is 1. The number of hydrogen-bond acceptors (Lipinski definition) is 6. The van der Waals surface area contributed by atoms with Gasteiger partial charge >= 0.3 is 5.69 Å². The first-order chi connectivity index (χ1) is 14.4. The molecule has 3 rings (SSSR count). The number of nitro benzene ring substituents is 1. The molecule has 1 amide bonds. The molecule has 0 N–H and O–H groups in total. The minimum atomic E-state index is -3.59. The number of carbonyl (C=O) groups is 1. The van der Waals surface area contributed by atoms with Crippen molar-refractivity contribution < 1.29 is 22.9 Å². The van der Waals surface area contributed by atoms with Crippen molar-refractivity contribution in [1.29, 1.82) is 0 Å². The second kappa shape index (κ2) is 9.51. The number of nitrogens with zero attached hydrogens (tertiary/aromatic N) is 3. The Labute approximate surface area is 174 Å². The van der Waals surface area contributed by atoms with Crippen molar-refractivity contribution in [1.82, 2.24) is 9.21 Å². The van der Waals surface area contributed by atoms with Gasteiger partial charge in [-0.1, -0.05) is 42.5 Å². The summed E-state index contributed by atoms with van der Waals surface area (Å²) >= 11 is 0. The predicted octanol–water partition coefficient (Wildman–Crippen LogP) is 2.12. The Morgan fingerprint density at radius 1 is 1.03 bits per heavy atom. The molecule has 0 aromatic heterocycles. The Kier molecular flexibility index (Phi) is 6.80. The van der Waals surface area contributed by atoms with Crippen LogP contribution in [0.3, 0.4) is 0 Å².